The van der Waals surface area contributed by atoms with Gasteiger partial charge in [-0.15, -0.1) is 16.4 Å². The van der Waals surface area contributed by atoms with Gasteiger partial charge in [0.25, 0.3) is 0 Å². The van der Waals surface area contributed by atoms with Crippen molar-refractivity contribution in [2.75, 3.05) is 6.54 Å². The smallest absolute Gasteiger partial charge is 0.475 e. The number of benzene rings is 1. The van der Waals surface area contributed by atoms with E-state index in [1.807, 2.05) is 22.2 Å². The highest BCUT2D eigenvalue weighted by atomic mass is 32.1. The fraction of sp³-hybridized carbons (Fsp3) is 0.273. The molecule has 11 heteroatoms. The lowest BCUT2D eigenvalue weighted by molar-refractivity contribution is -0.192. The molecule has 1 saturated heterocycles. The molecule has 5 rings (SSSR count). The van der Waals surface area contributed by atoms with E-state index in [2.05, 4.69) is 62.8 Å². The zero-order valence-corrected chi connectivity index (χ0v) is 18.1. The molecule has 33 heavy (non-hydrogen) atoms. The summed E-state index contributed by atoms with van der Waals surface area (Å²) in [5.41, 5.74) is 4.53. The minimum absolute atomic E-state index is 0.318. The Labute approximate surface area is 191 Å². The summed E-state index contributed by atoms with van der Waals surface area (Å²) in [6.07, 6.45) is 1.18. The second kappa shape index (κ2) is 9.67. The van der Waals surface area contributed by atoms with Gasteiger partial charge in [-0.25, -0.2) is 14.3 Å². The predicted molar refractivity (Wildman–Crippen MR) is 117 cm³/mol. The Kier molecular flexibility index (Phi) is 6.70. The molecule has 3 aromatic heterocycles. The summed E-state index contributed by atoms with van der Waals surface area (Å²) in [5.74, 6) is -2.76. The fourth-order valence-corrected chi connectivity index (χ4v) is 4.42. The third-order valence-corrected chi connectivity index (χ3v) is 6.06. The first-order valence-corrected chi connectivity index (χ1v) is 11.0. The molecule has 172 valence electrons. The molecule has 1 aromatic carbocycles. The van der Waals surface area contributed by atoms with E-state index in [4.69, 9.17) is 9.90 Å². The topological polar surface area (TPSA) is 83.6 Å². The Balaban J connectivity index is 0.000000325. The van der Waals surface area contributed by atoms with Crippen LogP contribution in [0.1, 0.15) is 29.6 Å². The van der Waals surface area contributed by atoms with Crippen molar-refractivity contribution < 1.29 is 23.1 Å². The lowest BCUT2D eigenvalue weighted by Crippen LogP contribution is -2.23. The Morgan fingerprint density at radius 2 is 1.91 bits per heavy atom. The summed E-state index contributed by atoms with van der Waals surface area (Å²) in [4.78, 5) is 15.8. The van der Waals surface area contributed by atoms with E-state index in [0.717, 1.165) is 36.3 Å². The quantitative estimate of drug-likeness (QED) is 0.456. The number of carboxylic acids is 1. The van der Waals surface area contributed by atoms with Gasteiger partial charge in [0.15, 0.2) is 0 Å². The number of thiazole rings is 1. The van der Waals surface area contributed by atoms with Gasteiger partial charge < -0.3 is 5.11 Å². The van der Waals surface area contributed by atoms with Crippen LogP contribution in [0.2, 0.25) is 0 Å². The molecular weight excluding hydrogens is 455 g/mol. The number of alkyl halides is 3. The van der Waals surface area contributed by atoms with Crippen LogP contribution in [0.25, 0.3) is 16.6 Å². The van der Waals surface area contributed by atoms with Gasteiger partial charge in [0.2, 0.25) is 0 Å². The first kappa shape index (κ1) is 22.9. The lowest BCUT2D eigenvalue weighted by atomic mass is 10.1. The highest BCUT2D eigenvalue weighted by Crippen LogP contribution is 2.34. The third kappa shape index (κ3) is 5.37. The van der Waals surface area contributed by atoms with E-state index in [-0.39, 0.29) is 0 Å². The van der Waals surface area contributed by atoms with Crippen molar-refractivity contribution >= 4 is 22.8 Å². The fourth-order valence-electron chi connectivity index (χ4n) is 3.78. The van der Waals surface area contributed by atoms with Crippen LogP contribution in [-0.4, -0.2) is 48.5 Å². The van der Waals surface area contributed by atoms with E-state index < -0.39 is 12.1 Å². The molecule has 1 aliphatic heterocycles. The number of nitrogens with zero attached hydrogens (tertiary/aromatic N) is 5. The minimum Gasteiger partial charge on any atom is -0.475 e. The van der Waals surface area contributed by atoms with Crippen LogP contribution in [0.4, 0.5) is 13.2 Å². The number of fused-ring (bicyclic) bond motifs is 1. The van der Waals surface area contributed by atoms with E-state index >= 15 is 0 Å². The number of pyridine rings is 1. The maximum atomic E-state index is 10.6. The number of hydrogen-bond acceptors (Lipinski definition) is 6. The molecule has 4 heterocycles. The van der Waals surface area contributed by atoms with Crippen LogP contribution in [0.15, 0.2) is 60.2 Å². The highest BCUT2D eigenvalue weighted by Gasteiger charge is 2.38. The van der Waals surface area contributed by atoms with Gasteiger partial charge in [-0.05, 0) is 31.0 Å². The van der Waals surface area contributed by atoms with Gasteiger partial charge in [0, 0.05) is 23.3 Å². The molecule has 1 atom stereocenters. The zero-order chi connectivity index (χ0) is 23.4. The molecule has 1 unspecified atom stereocenters. The van der Waals surface area contributed by atoms with Crippen LogP contribution in [-0.2, 0) is 11.3 Å². The summed E-state index contributed by atoms with van der Waals surface area (Å²) >= 11 is 1.72. The predicted octanol–water partition coefficient (Wildman–Crippen LogP) is 4.82. The number of aliphatic carboxylic acids is 1. The molecule has 0 saturated carbocycles. The summed E-state index contributed by atoms with van der Waals surface area (Å²) < 4.78 is 33.7. The number of halogens is 3. The Morgan fingerprint density at radius 3 is 2.58 bits per heavy atom. The molecule has 1 N–H and O–H groups in total. The number of hydrogen-bond donors (Lipinski definition) is 1. The normalized spacial score (nSPS) is 16.5. The van der Waals surface area contributed by atoms with Crippen molar-refractivity contribution in [1.82, 2.24) is 24.7 Å². The molecule has 1 fully saturated rings. The number of carbonyl (C=O) groups is 1. The van der Waals surface area contributed by atoms with Crippen molar-refractivity contribution in [2.45, 2.75) is 31.6 Å². The number of rotatable bonds is 4. The molecule has 0 spiro atoms. The number of carboxylic acid groups (broad SMARTS) is 1. The Hall–Kier alpha value is -3.31. The second-order valence-electron chi connectivity index (χ2n) is 7.45. The number of likely N-dealkylation sites (tertiary alicyclic amines) is 1. The van der Waals surface area contributed by atoms with Crippen molar-refractivity contribution in [2.24, 2.45) is 0 Å². The van der Waals surface area contributed by atoms with Gasteiger partial charge in [-0.3, -0.25) is 4.90 Å². The van der Waals surface area contributed by atoms with Crippen LogP contribution in [0.3, 0.4) is 0 Å². The molecular formula is C22H20F3N5O2S. The third-order valence-electron chi connectivity index (χ3n) is 5.29. The Morgan fingerprint density at radius 1 is 1.15 bits per heavy atom. The molecule has 0 radical (unpaired) electrons. The monoisotopic (exact) mass is 475 g/mol. The second-order valence-corrected chi connectivity index (χ2v) is 8.42. The standard InChI is InChI=1S/C20H19N5S.C2HF3O2/c1-2-5-15(6-3-1)16-8-9-18-20(22-23-25(18)13-16)17-7-4-11-24(17)14-19-21-10-12-26-19;3-2(4,5)1(6)7/h1-3,5-6,8-10,12-13,17H,4,7,11,14H2;(H,6,7). The molecule has 0 bridgehead atoms. The van der Waals surface area contributed by atoms with Crippen molar-refractivity contribution in [3.8, 4) is 11.1 Å². The molecule has 1 aliphatic rings. The van der Waals surface area contributed by atoms with Crippen LogP contribution < -0.4 is 0 Å². The van der Waals surface area contributed by atoms with Crippen molar-refractivity contribution in [3.05, 3.63) is 70.9 Å². The van der Waals surface area contributed by atoms with Gasteiger partial charge in [0.1, 0.15) is 10.7 Å². The maximum absolute atomic E-state index is 10.6. The minimum atomic E-state index is -5.08. The average Bonchev–Trinajstić information content (AvgIpc) is 3.55. The number of aromatic nitrogens is 4. The first-order chi connectivity index (χ1) is 15.8. The van der Waals surface area contributed by atoms with E-state index in [0.29, 0.717) is 6.04 Å². The van der Waals surface area contributed by atoms with Gasteiger partial charge in [-0.2, -0.15) is 13.2 Å². The highest BCUT2D eigenvalue weighted by molar-refractivity contribution is 7.09. The Bertz CT molecular complexity index is 1210. The van der Waals surface area contributed by atoms with Crippen molar-refractivity contribution in [3.63, 3.8) is 0 Å². The molecule has 7 nitrogen and oxygen atoms in total. The molecule has 4 aromatic rings. The van der Waals surface area contributed by atoms with Crippen LogP contribution >= 0.6 is 11.3 Å². The van der Waals surface area contributed by atoms with Gasteiger partial charge in [-0.1, -0.05) is 41.6 Å². The summed E-state index contributed by atoms with van der Waals surface area (Å²) in [5, 5.41) is 19.3. The van der Waals surface area contributed by atoms with E-state index in [1.165, 1.54) is 17.0 Å². The molecule has 0 aliphatic carbocycles. The molecule has 0 amide bonds. The zero-order valence-electron chi connectivity index (χ0n) is 17.3. The van der Waals surface area contributed by atoms with Gasteiger partial charge in [0.05, 0.1) is 18.1 Å². The van der Waals surface area contributed by atoms with E-state index in [9.17, 15) is 13.2 Å². The first-order valence-electron chi connectivity index (χ1n) is 10.2. The van der Waals surface area contributed by atoms with Crippen LogP contribution in [0.5, 0.6) is 0 Å². The van der Waals surface area contributed by atoms with Gasteiger partial charge >= 0.3 is 12.1 Å². The average molecular weight is 475 g/mol. The summed E-state index contributed by atoms with van der Waals surface area (Å²) in [6, 6.07) is 15.0. The lowest BCUT2D eigenvalue weighted by Gasteiger charge is -2.21. The SMILES string of the molecule is O=C(O)C(F)(F)F.c1ccc(-c2ccc3c(C4CCCN4Cc4nccs4)nnn3c2)cc1. The van der Waals surface area contributed by atoms with Crippen LogP contribution in [0, 0.1) is 0 Å². The van der Waals surface area contributed by atoms with E-state index in [1.54, 1.807) is 11.3 Å². The van der Waals surface area contributed by atoms with Crippen molar-refractivity contribution in [1.29, 1.82) is 0 Å². The summed E-state index contributed by atoms with van der Waals surface area (Å²) in [7, 11) is 0. The largest absolute Gasteiger partial charge is 0.490 e. The maximum Gasteiger partial charge on any atom is 0.490 e. The summed E-state index contributed by atoms with van der Waals surface area (Å²) in [6.45, 7) is 1.98.